The van der Waals surface area contributed by atoms with Crippen molar-refractivity contribution in [1.82, 2.24) is 4.98 Å². The Morgan fingerprint density at radius 1 is 1.80 bits per heavy atom. The van der Waals surface area contributed by atoms with Crippen LogP contribution in [-0.4, -0.2) is 27.4 Å². The third-order valence-corrected chi connectivity index (χ3v) is 3.97. The van der Waals surface area contributed by atoms with Crippen molar-refractivity contribution in [2.75, 3.05) is 5.75 Å². The van der Waals surface area contributed by atoms with E-state index in [1.165, 1.54) is 18.7 Å². The van der Waals surface area contributed by atoms with Crippen LogP contribution in [0.25, 0.3) is 0 Å². The second kappa shape index (κ2) is 4.96. The van der Waals surface area contributed by atoms with Crippen LogP contribution in [0.15, 0.2) is 27.8 Å². The summed E-state index contributed by atoms with van der Waals surface area (Å²) in [5.74, 6) is -0.736. The number of hydrogen-bond acceptors (Lipinski definition) is 4. The Morgan fingerprint density at radius 2 is 2.47 bits per heavy atom. The van der Waals surface area contributed by atoms with Gasteiger partial charge in [-0.05, 0) is 35.0 Å². The monoisotopic (exact) mass is 290 g/mol. The maximum absolute atomic E-state index is 10.8. The molecule has 0 aromatic carbocycles. The molecule has 6 heteroatoms. The molecule has 0 amide bonds. The van der Waals surface area contributed by atoms with Gasteiger partial charge < -0.3 is 10.8 Å². The number of thioether (sulfide) groups is 1. The van der Waals surface area contributed by atoms with Gasteiger partial charge in [0.2, 0.25) is 0 Å². The Bertz CT molecular complexity index is 371. The molecule has 1 aromatic heterocycles. The number of halogens is 1. The Balaban J connectivity index is 2.66. The van der Waals surface area contributed by atoms with Gasteiger partial charge in [-0.2, -0.15) is 0 Å². The fourth-order valence-corrected chi connectivity index (χ4v) is 2.26. The highest BCUT2D eigenvalue weighted by atomic mass is 79.9. The fraction of sp³-hybridized carbons (Fsp3) is 0.333. The van der Waals surface area contributed by atoms with E-state index in [2.05, 4.69) is 20.9 Å². The molecule has 1 unspecified atom stereocenters. The Morgan fingerprint density at radius 3 is 3.00 bits per heavy atom. The maximum Gasteiger partial charge on any atom is 0.324 e. The summed E-state index contributed by atoms with van der Waals surface area (Å²) in [5, 5.41) is 9.56. The zero-order valence-corrected chi connectivity index (χ0v) is 10.5. The van der Waals surface area contributed by atoms with Gasteiger partial charge in [0.1, 0.15) is 10.6 Å². The highest BCUT2D eigenvalue weighted by Crippen LogP contribution is 2.26. The number of aromatic nitrogens is 1. The van der Waals surface area contributed by atoms with Crippen molar-refractivity contribution in [2.45, 2.75) is 17.5 Å². The van der Waals surface area contributed by atoms with Crippen LogP contribution >= 0.6 is 27.7 Å². The van der Waals surface area contributed by atoms with Gasteiger partial charge in [-0.15, -0.1) is 11.8 Å². The Kier molecular flexibility index (Phi) is 4.12. The summed E-state index contributed by atoms with van der Waals surface area (Å²) in [6.07, 6.45) is 1.65. The van der Waals surface area contributed by atoms with Crippen molar-refractivity contribution >= 4 is 33.7 Å². The lowest BCUT2D eigenvalue weighted by atomic mass is 10.1. The van der Waals surface area contributed by atoms with Crippen LogP contribution in [0.2, 0.25) is 0 Å². The van der Waals surface area contributed by atoms with Crippen LogP contribution in [0.3, 0.4) is 0 Å². The van der Waals surface area contributed by atoms with Crippen molar-refractivity contribution in [1.29, 1.82) is 0 Å². The van der Waals surface area contributed by atoms with Crippen molar-refractivity contribution in [3.05, 3.63) is 22.8 Å². The van der Waals surface area contributed by atoms with E-state index in [-0.39, 0.29) is 5.75 Å². The molecule has 0 aliphatic carbocycles. The number of carbonyl (C=O) groups is 1. The van der Waals surface area contributed by atoms with Gasteiger partial charge in [-0.3, -0.25) is 4.79 Å². The van der Waals surface area contributed by atoms with E-state index in [1.54, 1.807) is 12.3 Å². The molecule has 0 saturated carbocycles. The first-order valence-electron chi connectivity index (χ1n) is 4.19. The highest BCUT2D eigenvalue weighted by Gasteiger charge is 2.28. The normalized spacial score (nSPS) is 14.6. The Labute approximate surface area is 100 Å². The number of nitrogens with two attached hydrogens (primary N) is 1. The average Bonchev–Trinajstić information content (AvgIpc) is 2.16. The summed E-state index contributed by atoms with van der Waals surface area (Å²) in [6.45, 7) is 1.49. The molecule has 0 spiro atoms. The molecule has 0 aliphatic heterocycles. The molecule has 1 atom stereocenters. The first-order valence-corrected chi connectivity index (χ1v) is 5.97. The molecule has 0 bridgehead atoms. The number of nitrogens with zero attached hydrogens (tertiary/aromatic N) is 1. The number of aliphatic carboxylic acids is 1. The van der Waals surface area contributed by atoms with Gasteiger partial charge in [-0.1, -0.05) is 0 Å². The lowest BCUT2D eigenvalue weighted by Crippen LogP contribution is -2.47. The predicted octanol–water partition coefficient (Wildman–Crippen LogP) is 1.74. The van der Waals surface area contributed by atoms with E-state index in [9.17, 15) is 4.79 Å². The van der Waals surface area contributed by atoms with E-state index in [0.717, 1.165) is 9.50 Å². The number of pyridine rings is 1. The molecule has 0 fully saturated rings. The van der Waals surface area contributed by atoms with Gasteiger partial charge in [0.25, 0.3) is 0 Å². The SMILES string of the molecule is CC(N)(CSc1ncccc1Br)C(=O)O. The third kappa shape index (κ3) is 3.48. The molecule has 1 rings (SSSR count). The lowest BCUT2D eigenvalue weighted by molar-refractivity contribution is -0.141. The summed E-state index contributed by atoms with van der Waals surface area (Å²) in [7, 11) is 0. The van der Waals surface area contributed by atoms with Gasteiger partial charge in [-0.25, -0.2) is 4.98 Å². The number of hydrogen-bond donors (Lipinski definition) is 2. The van der Waals surface area contributed by atoms with Crippen LogP contribution in [0.4, 0.5) is 0 Å². The molecule has 0 radical (unpaired) electrons. The molecule has 0 saturated heterocycles. The third-order valence-electron chi connectivity index (χ3n) is 1.72. The first kappa shape index (κ1) is 12.5. The van der Waals surface area contributed by atoms with Crippen molar-refractivity contribution in [3.8, 4) is 0 Å². The summed E-state index contributed by atoms with van der Waals surface area (Å²) in [5.41, 5.74) is 4.36. The van der Waals surface area contributed by atoms with E-state index < -0.39 is 11.5 Å². The summed E-state index contributed by atoms with van der Waals surface area (Å²) >= 11 is 4.65. The molecular formula is C9H11BrN2O2S. The van der Waals surface area contributed by atoms with Gasteiger partial charge >= 0.3 is 5.97 Å². The number of carboxylic acid groups (broad SMARTS) is 1. The maximum atomic E-state index is 10.8. The quantitative estimate of drug-likeness (QED) is 0.826. The summed E-state index contributed by atoms with van der Waals surface area (Å²) in [4.78, 5) is 14.9. The molecule has 1 heterocycles. The van der Waals surface area contributed by atoms with E-state index in [1.807, 2.05) is 6.07 Å². The van der Waals surface area contributed by atoms with Crippen molar-refractivity contribution < 1.29 is 9.90 Å². The Hall–Kier alpha value is -0.590. The van der Waals surface area contributed by atoms with Crippen LogP contribution in [0.5, 0.6) is 0 Å². The molecule has 3 N–H and O–H groups in total. The lowest BCUT2D eigenvalue weighted by Gasteiger charge is -2.18. The van der Waals surface area contributed by atoms with Crippen molar-refractivity contribution in [3.63, 3.8) is 0 Å². The van der Waals surface area contributed by atoms with E-state index in [4.69, 9.17) is 10.8 Å². The molecule has 15 heavy (non-hydrogen) atoms. The van der Waals surface area contributed by atoms with Gasteiger partial charge in [0.05, 0.1) is 0 Å². The smallest absolute Gasteiger partial charge is 0.324 e. The summed E-state index contributed by atoms with van der Waals surface area (Å²) in [6, 6.07) is 3.65. The number of rotatable bonds is 4. The van der Waals surface area contributed by atoms with Crippen LogP contribution < -0.4 is 5.73 Å². The molecular weight excluding hydrogens is 280 g/mol. The molecule has 4 nitrogen and oxygen atoms in total. The average molecular weight is 291 g/mol. The van der Waals surface area contributed by atoms with Gasteiger partial charge in [0.15, 0.2) is 0 Å². The zero-order valence-electron chi connectivity index (χ0n) is 8.11. The molecule has 82 valence electrons. The zero-order chi connectivity index (χ0) is 11.5. The predicted molar refractivity (Wildman–Crippen MR) is 62.9 cm³/mol. The second-order valence-electron chi connectivity index (χ2n) is 3.30. The van der Waals surface area contributed by atoms with Crippen molar-refractivity contribution in [2.24, 2.45) is 5.73 Å². The molecule has 0 aliphatic rings. The van der Waals surface area contributed by atoms with Crippen LogP contribution in [0.1, 0.15) is 6.92 Å². The first-order chi connectivity index (χ1) is 6.93. The minimum absolute atomic E-state index is 0.276. The minimum atomic E-state index is -1.23. The largest absolute Gasteiger partial charge is 0.480 e. The van der Waals surface area contributed by atoms with E-state index in [0.29, 0.717) is 0 Å². The van der Waals surface area contributed by atoms with E-state index >= 15 is 0 Å². The van der Waals surface area contributed by atoms with Gasteiger partial charge in [0, 0.05) is 16.4 Å². The number of carboxylic acids is 1. The van der Waals surface area contributed by atoms with Crippen LogP contribution in [0, 0.1) is 0 Å². The minimum Gasteiger partial charge on any atom is -0.480 e. The topological polar surface area (TPSA) is 76.2 Å². The summed E-state index contributed by atoms with van der Waals surface area (Å²) < 4.78 is 0.844. The molecule has 1 aromatic rings. The van der Waals surface area contributed by atoms with Crippen LogP contribution in [-0.2, 0) is 4.79 Å². The fourth-order valence-electron chi connectivity index (χ4n) is 0.757. The second-order valence-corrected chi connectivity index (χ2v) is 5.12. The highest BCUT2D eigenvalue weighted by molar-refractivity contribution is 9.10. The standard InChI is InChI=1S/C9H11BrN2O2S/c1-9(11,8(13)14)5-15-7-6(10)3-2-4-12-7/h2-4H,5,11H2,1H3,(H,13,14).